The number of aromatic nitrogens is 7. The quantitative estimate of drug-likeness (QED) is 0.241. The minimum Gasteiger partial charge on any atom is -0.472 e. The minimum absolute atomic E-state index is 0.0276. The first-order valence-electron chi connectivity index (χ1n) is 13.5. The molecule has 0 bridgehead atoms. The van der Waals surface area contributed by atoms with E-state index in [1.807, 2.05) is 22.9 Å². The van der Waals surface area contributed by atoms with Gasteiger partial charge in [-0.1, -0.05) is 16.8 Å². The number of hydrogen-bond acceptors (Lipinski definition) is 8. The lowest BCUT2D eigenvalue weighted by atomic mass is 10.1. The molecule has 0 atom stereocenters. The Morgan fingerprint density at radius 1 is 1.21 bits per heavy atom. The number of ether oxygens (including phenoxy) is 2. The number of esters is 1. The van der Waals surface area contributed by atoms with Crippen LogP contribution in [0.25, 0.3) is 11.2 Å². The van der Waals surface area contributed by atoms with Gasteiger partial charge in [-0.2, -0.15) is 0 Å². The summed E-state index contributed by atoms with van der Waals surface area (Å²) in [4.78, 5) is 34.2. The first kappa shape index (κ1) is 27.6. The van der Waals surface area contributed by atoms with Gasteiger partial charge in [0.05, 0.1) is 48.6 Å². The van der Waals surface area contributed by atoms with E-state index in [2.05, 4.69) is 20.6 Å². The van der Waals surface area contributed by atoms with Crippen molar-refractivity contribution in [2.24, 2.45) is 0 Å². The van der Waals surface area contributed by atoms with Gasteiger partial charge in [0, 0.05) is 18.6 Å². The number of nitrogens with one attached hydrogen (secondary N) is 1. The number of hydrogen-bond donors (Lipinski definition) is 1. The molecule has 0 aliphatic heterocycles. The normalized spacial score (nSPS) is 13.5. The summed E-state index contributed by atoms with van der Waals surface area (Å²) in [6, 6.07) is 3.37. The Morgan fingerprint density at radius 3 is 2.79 bits per heavy atom. The molecular weight excluding hydrogens is 567 g/mol. The average Bonchev–Trinajstić information content (AvgIpc) is 3.35. The molecule has 0 spiro atoms. The number of nitrogens with zero attached hydrogens (tertiary/aromatic N) is 7. The lowest BCUT2D eigenvalue weighted by molar-refractivity contribution is -0.158. The predicted molar refractivity (Wildman–Crippen MR) is 149 cm³/mol. The van der Waals surface area contributed by atoms with E-state index in [0.717, 1.165) is 18.4 Å². The number of imidazole rings is 2. The van der Waals surface area contributed by atoms with Crippen molar-refractivity contribution >= 4 is 34.6 Å². The highest BCUT2D eigenvalue weighted by molar-refractivity contribution is 6.31. The van der Waals surface area contributed by atoms with Crippen LogP contribution >= 0.6 is 11.6 Å². The molecule has 5 aromatic heterocycles. The van der Waals surface area contributed by atoms with E-state index in [9.17, 15) is 14.0 Å². The highest BCUT2D eigenvalue weighted by Gasteiger charge is 2.34. The standard InChI is InChI=1S/C28H28ClFN8O4/c1-4-41-27(40)28(2,3)42-22-9-17(16-5-6-16)11-37-12-18(33-25(22)37)13-38-14-21(34-35-38)26(39)31-10-20-24-23(30)19(29)7-8-36(24)15-32-20/h7-9,11-12,14-16H,4-6,10,13H2,1-3H3,(H,31,39). The average molecular weight is 595 g/mol. The van der Waals surface area contributed by atoms with Gasteiger partial charge in [0.2, 0.25) is 0 Å². The number of carbonyl (C=O) groups excluding carboxylic acids is 2. The van der Waals surface area contributed by atoms with Crippen molar-refractivity contribution < 1.29 is 23.5 Å². The zero-order valence-electron chi connectivity index (χ0n) is 23.2. The molecule has 1 fully saturated rings. The summed E-state index contributed by atoms with van der Waals surface area (Å²) in [6.07, 6.45) is 10.6. The summed E-state index contributed by atoms with van der Waals surface area (Å²) in [5, 5.41) is 10.7. The Kier molecular flexibility index (Phi) is 7.05. The van der Waals surface area contributed by atoms with E-state index < -0.39 is 23.3 Å². The number of carbonyl (C=O) groups is 2. The van der Waals surface area contributed by atoms with Crippen molar-refractivity contribution in [1.29, 1.82) is 0 Å². The van der Waals surface area contributed by atoms with Crippen molar-refractivity contribution in [3.05, 3.63) is 76.7 Å². The molecule has 5 heterocycles. The van der Waals surface area contributed by atoms with Gasteiger partial charge in [0.15, 0.2) is 28.5 Å². The molecule has 0 saturated heterocycles. The third-order valence-corrected chi connectivity index (χ3v) is 7.24. The fraction of sp³-hybridized carbons (Fsp3) is 0.357. The number of amides is 1. The molecule has 42 heavy (non-hydrogen) atoms. The first-order valence-corrected chi connectivity index (χ1v) is 13.9. The molecule has 6 rings (SSSR count). The zero-order valence-corrected chi connectivity index (χ0v) is 23.9. The molecule has 0 unspecified atom stereocenters. The van der Waals surface area contributed by atoms with E-state index in [4.69, 9.17) is 26.1 Å². The SMILES string of the molecule is CCOC(=O)C(C)(C)Oc1cc(C2CC2)cn2cc(Cn3cc(C(=O)NCc4ncn5ccc(Cl)c(F)c45)nn3)nc12. The van der Waals surface area contributed by atoms with Gasteiger partial charge in [0.25, 0.3) is 5.91 Å². The molecule has 1 amide bonds. The van der Waals surface area contributed by atoms with E-state index >= 15 is 0 Å². The van der Waals surface area contributed by atoms with Crippen molar-refractivity contribution in [2.45, 2.75) is 58.2 Å². The molecule has 1 aliphatic carbocycles. The van der Waals surface area contributed by atoms with E-state index in [1.165, 1.54) is 27.7 Å². The van der Waals surface area contributed by atoms with Crippen LogP contribution in [0.2, 0.25) is 5.02 Å². The van der Waals surface area contributed by atoms with E-state index in [0.29, 0.717) is 28.7 Å². The topological polar surface area (TPSA) is 130 Å². The Bertz CT molecular complexity index is 1820. The maximum absolute atomic E-state index is 14.5. The highest BCUT2D eigenvalue weighted by Crippen LogP contribution is 2.42. The second-order valence-electron chi connectivity index (χ2n) is 10.6. The van der Waals surface area contributed by atoms with Gasteiger partial charge in [-0.3, -0.25) is 4.79 Å². The Labute approximate surface area is 244 Å². The summed E-state index contributed by atoms with van der Waals surface area (Å²) in [5.74, 6) is -0.646. The van der Waals surface area contributed by atoms with E-state index in [-0.39, 0.29) is 35.9 Å². The lowest BCUT2D eigenvalue weighted by Crippen LogP contribution is -2.39. The molecule has 218 valence electrons. The Morgan fingerprint density at radius 2 is 2.02 bits per heavy atom. The molecular formula is C28H28ClFN8O4. The van der Waals surface area contributed by atoms with Crippen LogP contribution in [0.1, 0.15) is 67.0 Å². The summed E-state index contributed by atoms with van der Waals surface area (Å²) in [5.41, 5.74) is 1.69. The molecule has 1 aliphatic rings. The maximum atomic E-state index is 14.5. The number of pyridine rings is 2. The summed E-state index contributed by atoms with van der Waals surface area (Å²) in [7, 11) is 0. The molecule has 0 radical (unpaired) electrons. The largest absolute Gasteiger partial charge is 0.472 e. The first-order chi connectivity index (χ1) is 20.1. The number of rotatable bonds is 10. The maximum Gasteiger partial charge on any atom is 0.349 e. The van der Waals surface area contributed by atoms with Crippen molar-refractivity contribution in [3.63, 3.8) is 0 Å². The van der Waals surface area contributed by atoms with Crippen molar-refractivity contribution in [3.8, 4) is 5.75 Å². The van der Waals surface area contributed by atoms with Crippen LogP contribution in [0.4, 0.5) is 4.39 Å². The summed E-state index contributed by atoms with van der Waals surface area (Å²) >= 11 is 5.90. The van der Waals surface area contributed by atoms with Crippen molar-refractivity contribution in [1.82, 2.24) is 39.1 Å². The van der Waals surface area contributed by atoms with Crippen molar-refractivity contribution in [2.75, 3.05) is 6.61 Å². The molecule has 1 N–H and O–H groups in total. The Balaban J connectivity index is 1.18. The van der Waals surface area contributed by atoms with Gasteiger partial charge in [-0.05, 0) is 57.2 Å². The fourth-order valence-electron chi connectivity index (χ4n) is 4.67. The number of halogens is 2. The minimum atomic E-state index is -1.21. The van der Waals surface area contributed by atoms with Gasteiger partial charge < -0.3 is 23.6 Å². The lowest BCUT2D eigenvalue weighted by Gasteiger charge is -2.24. The molecule has 12 nitrogen and oxygen atoms in total. The molecule has 0 aromatic carbocycles. The van der Waals surface area contributed by atoms with Crippen LogP contribution < -0.4 is 10.1 Å². The van der Waals surface area contributed by atoms with Gasteiger partial charge in [-0.15, -0.1) is 5.10 Å². The van der Waals surface area contributed by atoms with Crippen LogP contribution in [0, 0.1) is 5.82 Å². The van der Waals surface area contributed by atoms with Crippen LogP contribution in [-0.2, 0) is 22.6 Å². The van der Waals surface area contributed by atoms with Crippen LogP contribution in [0.3, 0.4) is 0 Å². The fourth-order valence-corrected chi connectivity index (χ4v) is 4.81. The van der Waals surface area contributed by atoms with Gasteiger partial charge in [-0.25, -0.2) is 23.8 Å². The molecule has 14 heteroatoms. The predicted octanol–water partition coefficient (Wildman–Crippen LogP) is 3.94. The second-order valence-corrected chi connectivity index (χ2v) is 11.0. The third kappa shape index (κ3) is 5.39. The van der Waals surface area contributed by atoms with Crippen LogP contribution in [0.15, 0.2) is 43.2 Å². The summed E-state index contributed by atoms with van der Waals surface area (Å²) < 4.78 is 30.7. The third-order valence-electron chi connectivity index (χ3n) is 6.95. The molecule has 5 aromatic rings. The Hall–Kier alpha value is -4.52. The molecule has 1 saturated carbocycles. The van der Waals surface area contributed by atoms with Gasteiger partial charge >= 0.3 is 5.97 Å². The smallest absolute Gasteiger partial charge is 0.349 e. The zero-order chi connectivity index (χ0) is 29.6. The number of fused-ring (bicyclic) bond motifs is 2. The highest BCUT2D eigenvalue weighted by atomic mass is 35.5. The summed E-state index contributed by atoms with van der Waals surface area (Å²) in [6.45, 7) is 5.54. The second kappa shape index (κ2) is 10.7. The van der Waals surface area contributed by atoms with E-state index in [1.54, 1.807) is 27.0 Å². The van der Waals surface area contributed by atoms with Gasteiger partial charge in [0.1, 0.15) is 5.52 Å². The van der Waals surface area contributed by atoms with Crippen LogP contribution in [0.5, 0.6) is 5.75 Å². The van der Waals surface area contributed by atoms with Crippen LogP contribution in [-0.4, -0.2) is 57.8 Å². The monoisotopic (exact) mass is 594 g/mol.